The van der Waals surface area contributed by atoms with Crippen molar-refractivity contribution in [2.45, 2.75) is 20.8 Å². The van der Waals surface area contributed by atoms with E-state index in [0.717, 1.165) is 11.1 Å². The minimum Gasteiger partial charge on any atom is -0.543 e. The quantitative estimate of drug-likeness (QED) is 0.612. The number of methoxy groups -OCH3 is 1. The van der Waals surface area contributed by atoms with Crippen molar-refractivity contribution in [3.63, 3.8) is 0 Å². The minimum absolute atomic E-state index is 0.377. The maximum atomic E-state index is 12.2. The lowest BCUT2D eigenvalue weighted by Crippen LogP contribution is -2.37. The number of halogens is 1. The summed E-state index contributed by atoms with van der Waals surface area (Å²) in [6.45, 7) is 5.57. The van der Waals surface area contributed by atoms with E-state index in [2.05, 4.69) is 5.32 Å². The van der Waals surface area contributed by atoms with Gasteiger partial charge in [-0.1, -0.05) is 17.7 Å². The number of carboxylic acid groups (broad SMARTS) is 1. The van der Waals surface area contributed by atoms with Crippen molar-refractivity contribution in [2.24, 2.45) is 0 Å². The number of carbonyl (C=O) groups is 2. The normalized spacial score (nSPS) is 11.0. The molecule has 0 unspecified atom stereocenters. The summed E-state index contributed by atoms with van der Waals surface area (Å²) >= 11 is 6.11. The fourth-order valence-corrected chi connectivity index (χ4v) is 2.80. The lowest BCUT2D eigenvalue weighted by Gasteiger charge is -2.14. The molecule has 160 valence electrons. The Morgan fingerprint density at radius 3 is 2.33 bits per heavy atom. The van der Waals surface area contributed by atoms with Crippen LogP contribution in [0.2, 0.25) is 5.02 Å². The molecule has 0 saturated heterocycles. The average Bonchev–Trinajstić information content (AvgIpc) is 2.70. The van der Waals surface area contributed by atoms with Gasteiger partial charge >= 0.3 is 0 Å². The Bertz CT molecular complexity index is 947. The molecule has 2 rings (SSSR count). The molecule has 7 nitrogen and oxygen atoms in total. The van der Waals surface area contributed by atoms with E-state index in [1.807, 2.05) is 20.8 Å². The van der Waals surface area contributed by atoms with E-state index < -0.39 is 17.6 Å². The third kappa shape index (κ3) is 6.15. The van der Waals surface area contributed by atoms with Gasteiger partial charge in [0.1, 0.15) is 5.75 Å². The molecule has 0 aliphatic carbocycles. The second-order valence-electron chi connectivity index (χ2n) is 6.40. The summed E-state index contributed by atoms with van der Waals surface area (Å²) < 4.78 is 16.1. The van der Waals surface area contributed by atoms with Gasteiger partial charge in [-0.25, -0.2) is 0 Å². The molecule has 0 aliphatic rings. The smallest absolute Gasteiger partial charge is 0.262 e. The van der Waals surface area contributed by atoms with Crippen molar-refractivity contribution in [1.82, 2.24) is 5.32 Å². The van der Waals surface area contributed by atoms with Crippen LogP contribution in [0.1, 0.15) is 23.6 Å². The molecule has 30 heavy (non-hydrogen) atoms. The van der Waals surface area contributed by atoms with Crippen LogP contribution in [0.3, 0.4) is 0 Å². The van der Waals surface area contributed by atoms with Crippen LogP contribution in [0.25, 0.3) is 6.08 Å². The molecule has 8 heteroatoms. The zero-order valence-corrected chi connectivity index (χ0v) is 18.0. The number of rotatable bonds is 9. The minimum atomic E-state index is -1.53. The van der Waals surface area contributed by atoms with Crippen LogP contribution < -0.4 is 24.6 Å². The highest BCUT2D eigenvalue weighted by molar-refractivity contribution is 6.32. The predicted molar refractivity (Wildman–Crippen MR) is 112 cm³/mol. The van der Waals surface area contributed by atoms with E-state index in [1.54, 1.807) is 30.3 Å². The first-order valence-corrected chi connectivity index (χ1v) is 9.56. The Kier molecular flexibility index (Phi) is 8.12. The Balaban J connectivity index is 2.11. The second kappa shape index (κ2) is 10.5. The summed E-state index contributed by atoms with van der Waals surface area (Å²) in [5.74, 6) is -0.757. The molecular formula is C22H23ClNO6-. The number of nitrogens with one attached hydrogen (secondary N) is 1. The van der Waals surface area contributed by atoms with Gasteiger partial charge in [0.25, 0.3) is 5.91 Å². The van der Waals surface area contributed by atoms with Crippen LogP contribution >= 0.6 is 11.6 Å². The largest absolute Gasteiger partial charge is 0.543 e. The number of hydrogen-bond acceptors (Lipinski definition) is 6. The van der Waals surface area contributed by atoms with Crippen LogP contribution in [0.5, 0.6) is 17.2 Å². The maximum absolute atomic E-state index is 12.2. The molecule has 0 heterocycles. The fourth-order valence-electron chi connectivity index (χ4n) is 2.69. The van der Waals surface area contributed by atoms with Crippen molar-refractivity contribution >= 4 is 29.6 Å². The van der Waals surface area contributed by atoms with Crippen molar-refractivity contribution in [2.75, 3.05) is 20.3 Å². The van der Waals surface area contributed by atoms with Crippen molar-refractivity contribution in [1.29, 1.82) is 0 Å². The molecule has 0 radical (unpaired) electrons. The van der Waals surface area contributed by atoms with Crippen LogP contribution in [0.15, 0.2) is 36.0 Å². The molecule has 2 aromatic rings. The van der Waals surface area contributed by atoms with E-state index in [4.69, 9.17) is 25.8 Å². The topological polar surface area (TPSA) is 96.9 Å². The third-order valence-electron chi connectivity index (χ3n) is 4.07. The summed E-state index contributed by atoms with van der Waals surface area (Å²) in [7, 11) is 1.48. The number of amides is 1. The van der Waals surface area contributed by atoms with Crippen LogP contribution in [-0.4, -0.2) is 32.2 Å². The number of aryl methyl sites for hydroxylation is 2. The highest BCUT2D eigenvalue weighted by Crippen LogP contribution is 2.29. The second-order valence-corrected chi connectivity index (χ2v) is 6.77. The molecule has 0 fully saturated rings. The van der Waals surface area contributed by atoms with Gasteiger partial charge in [-0.2, -0.15) is 0 Å². The Morgan fingerprint density at radius 2 is 1.77 bits per heavy atom. The van der Waals surface area contributed by atoms with Gasteiger partial charge in [0.05, 0.1) is 25.4 Å². The lowest BCUT2D eigenvalue weighted by atomic mass is 10.1. The lowest BCUT2D eigenvalue weighted by molar-refractivity contribution is -0.299. The fraction of sp³-hybridized carbons (Fsp3) is 0.273. The summed E-state index contributed by atoms with van der Waals surface area (Å²) in [5.41, 5.74) is 1.71. The van der Waals surface area contributed by atoms with Crippen molar-refractivity contribution in [3.8, 4) is 17.2 Å². The Labute approximate surface area is 180 Å². The number of aliphatic carboxylic acids is 1. The summed E-state index contributed by atoms with van der Waals surface area (Å²) in [4.78, 5) is 23.6. The van der Waals surface area contributed by atoms with Crippen molar-refractivity contribution < 1.29 is 28.9 Å². The van der Waals surface area contributed by atoms with Crippen LogP contribution in [0.4, 0.5) is 0 Å². The molecule has 0 spiro atoms. The molecule has 0 atom stereocenters. The summed E-state index contributed by atoms with van der Waals surface area (Å²) in [5, 5.41) is 14.4. The van der Waals surface area contributed by atoms with E-state index in [1.165, 1.54) is 13.2 Å². The molecule has 1 amide bonds. The zero-order chi connectivity index (χ0) is 22.3. The van der Waals surface area contributed by atoms with Gasteiger partial charge in [0.2, 0.25) is 0 Å². The van der Waals surface area contributed by atoms with Gasteiger partial charge in [-0.05, 0) is 67.8 Å². The summed E-state index contributed by atoms with van der Waals surface area (Å²) in [6, 6.07) is 8.28. The van der Waals surface area contributed by atoms with Gasteiger partial charge in [0.15, 0.2) is 18.1 Å². The third-order valence-corrected chi connectivity index (χ3v) is 4.67. The first-order valence-electron chi connectivity index (χ1n) is 9.18. The SMILES string of the molecule is CCOc1ccc(/C=C(/NC(=O)COc2cc(C)c(Cl)c(C)c2)C(=O)[O-])cc1OC. The Morgan fingerprint density at radius 1 is 1.10 bits per heavy atom. The van der Waals surface area contributed by atoms with E-state index in [-0.39, 0.29) is 6.61 Å². The summed E-state index contributed by atoms with van der Waals surface area (Å²) in [6.07, 6.45) is 1.27. The molecule has 0 bridgehead atoms. The highest BCUT2D eigenvalue weighted by atomic mass is 35.5. The average molecular weight is 433 g/mol. The van der Waals surface area contributed by atoms with Gasteiger partial charge in [-0.3, -0.25) is 4.79 Å². The standard InChI is InChI=1S/C22H24ClNO6/c1-5-29-18-7-6-15(11-19(18)28-4)10-17(22(26)27)24-20(25)12-30-16-8-13(2)21(23)14(3)9-16/h6-11H,5,12H2,1-4H3,(H,24,25)(H,26,27)/p-1/b17-10+. The molecule has 1 N–H and O–H groups in total. The number of benzene rings is 2. The van der Waals surface area contributed by atoms with Crippen LogP contribution in [-0.2, 0) is 9.59 Å². The first-order chi connectivity index (χ1) is 14.2. The van der Waals surface area contributed by atoms with Crippen molar-refractivity contribution in [3.05, 3.63) is 57.7 Å². The molecular weight excluding hydrogens is 410 g/mol. The molecule has 0 saturated carbocycles. The molecule has 2 aromatic carbocycles. The van der Waals surface area contributed by atoms with Gasteiger partial charge in [0, 0.05) is 5.02 Å². The number of ether oxygens (including phenoxy) is 3. The molecule has 0 aliphatic heterocycles. The monoisotopic (exact) mass is 432 g/mol. The molecule has 0 aromatic heterocycles. The Hall–Kier alpha value is -3.19. The van der Waals surface area contributed by atoms with Gasteiger partial charge < -0.3 is 29.4 Å². The highest BCUT2D eigenvalue weighted by Gasteiger charge is 2.10. The first kappa shape index (κ1) is 23.1. The maximum Gasteiger partial charge on any atom is 0.262 e. The van der Waals surface area contributed by atoms with Crippen LogP contribution in [0, 0.1) is 13.8 Å². The predicted octanol–water partition coefficient (Wildman–Crippen LogP) is 2.65. The number of carbonyl (C=O) groups excluding carboxylic acids is 2. The van der Waals surface area contributed by atoms with E-state index in [9.17, 15) is 14.7 Å². The number of hydrogen-bond donors (Lipinski definition) is 1. The van der Waals surface area contributed by atoms with E-state index in [0.29, 0.717) is 34.4 Å². The zero-order valence-electron chi connectivity index (χ0n) is 17.2. The van der Waals surface area contributed by atoms with E-state index >= 15 is 0 Å². The van der Waals surface area contributed by atoms with Gasteiger partial charge in [-0.15, -0.1) is 0 Å². The number of carboxylic acids is 1.